The Morgan fingerprint density at radius 1 is 0.884 bits per heavy atom. The number of carboxylic acids is 1. The smallest absolute Gasteiger partial charge is 0.317 e. The number of aromatic nitrogens is 1. The van der Waals surface area contributed by atoms with Crippen LogP contribution in [0.2, 0.25) is 0 Å². The Bertz CT molecular complexity index is 1610. The zero-order valence-electron chi connectivity index (χ0n) is 25.0. The average molecular weight is 593 g/mol. The van der Waals surface area contributed by atoms with E-state index in [9.17, 15) is 9.90 Å². The molecule has 0 amide bonds. The molecule has 0 fully saturated rings. The van der Waals surface area contributed by atoms with E-state index in [1.54, 1.807) is 11.3 Å². The van der Waals surface area contributed by atoms with Gasteiger partial charge in [0.2, 0.25) is 0 Å². The molecule has 5 rings (SSSR count). The summed E-state index contributed by atoms with van der Waals surface area (Å²) in [5, 5.41) is 12.8. The van der Waals surface area contributed by atoms with Crippen LogP contribution in [0.25, 0.3) is 22.0 Å². The number of para-hydroxylation sites is 1. The van der Waals surface area contributed by atoms with E-state index in [1.807, 2.05) is 41.3 Å². The van der Waals surface area contributed by atoms with E-state index in [0.29, 0.717) is 25.6 Å². The van der Waals surface area contributed by atoms with Crippen molar-refractivity contribution in [1.29, 1.82) is 0 Å². The number of pyridine rings is 1. The minimum Gasteiger partial charge on any atom is -0.489 e. The molecule has 222 valence electrons. The maximum atomic E-state index is 11.6. The largest absolute Gasteiger partial charge is 0.489 e. The second-order valence-electron chi connectivity index (χ2n) is 11.2. The summed E-state index contributed by atoms with van der Waals surface area (Å²) in [6, 6.07) is 31.3. The second-order valence-corrected chi connectivity index (χ2v) is 12.2. The van der Waals surface area contributed by atoms with Gasteiger partial charge < -0.3 is 9.84 Å². The predicted molar refractivity (Wildman–Crippen MR) is 177 cm³/mol. The third-order valence-corrected chi connectivity index (χ3v) is 8.67. The molecule has 0 unspecified atom stereocenters. The molecular weight excluding hydrogens is 552 g/mol. The van der Waals surface area contributed by atoms with Gasteiger partial charge in [0.15, 0.2) is 0 Å². The van der Waals surface area contributed by atoms with Crippen molar-refractivity contribution in [1.82, 2.24) is 9.88 Å². The molecule has 0 saturated carbocycles. The summed E-state index contributed by atoms with van der Waals surface area (Å²) < 4.78 is 6.09. The predicted octanol–water partition coefficient (Wildman–Crippen LogP) is 9.31. The third-order valence-electron chi connectivity index (χ3n) is 7.75. The first kappa shape index (κ1) is 30.5. The SMILES string of the molecule is CCCC(CCC)c1ccc(OCc2ccc(-c3csc(CN(CC(=O)O)Cc4ccc5ccccc5n4)c3)cc2)cc1. The number of rotatable bonds is 15. The highest BCUT2D eigenvalue weighted by Crippen LogP contribution is 2.29. The molecule has 3 aromatic carbocycles. The van der Waals surface area contributed by atoms with E-state index in [0.717, 1.165) is 43.9 Å². The van der Waals surface area contributed by atoms with E-state index in [4.69, 9.17) is 9.72 Å². The number of benzene rings is 3. The molecular formula is C37H40N2O3S. The quantitative estimate of drug-likeness (QED) is 0.131. The molecule has 43 heavy (non-hydrogen) atoms. The van der Waals surface area contributed by atoms with Crippen LogP contribution in [0.3, 0.4) is 0 Å². The number of thiophene rings is 1. The van der Waals surface area contributed by atoms with Gasteiger partial charge in [-0.25, -0.2) is 0 Å². The number of aliphatic carboxylic acids is 1. The number of fused-ring (bicyclic) bond motifs is 1. The summed E-state index contributed by atoms with van der Waals surface area (Å²) in [4.78, 5) is 19.4. The zero-order chi connectivity index (χ0) is 30.0. The molecule has 5 aromatic rings. The highest BCUT2D eigenvalue weighted by atomic mass is 32.1. The fourth-order valence-electron chi connectivity index (χ4n) is 5.59. The van der Waals surface area contributed by atoms with Gasteiger partial charge in [-0.2, -0.15) is 0 Å². The zero-order valence-corrected chi connectivity index (χ0v) is 25.9. The molecule has 0 bridgehead atoms. The maximum Gasteiger partial charge on any atom is 0.317 e. The van der Waals surface area contributed by atoms with Crippen molar-refractivity contribution in [2.24, 2.45) is 0 Å². The van der Waals surface area contributed by atoms with Crippen molar-refractivity contribution in [2.75, 3.05) is 6.54 Å². The van der Waals surface area contributed by atoms with E-state index >= 15 is 0 Å². The van der Waals surface area contributed by atoms with Crippen LogP contribution in [0, 0.1) is 0 Å². The molecule has 0 spiro atoms. The fraction of sp³-hybridized carbons (Fsp3) is 0.297. The van der Waals surface area contributed by atoms with Crippen molar-refractivity contribution in [3.05, 3.63) is 118 Å². The van der Waals surface area contributed by atoms with Crippen LogP contribution >= 0.6 is 11.3 Å². The van der Waals surface area contributed by atoms with Gasteiger partial charge in [0, 0.05) is 23.4 Å². The number of carbonyl (C=O) groups is 1. The Kier molecular flexibility index (Phi) is 10.6. The minimum atomic E-state index is -0.844. The van der Waals surface area contributed by atoms with Crippen LogP contribution in [0.15, 0.2) is 96.4 Å². The molecule has 0 radical (unpaired) electrons. The van der Waals surface area contributed by atoms with Crippen LogP contribution in [0.5, 0.6) is 5.75 Å². The number of carboxylic acid groups (broad SMARTS) is 1. The van der Waals surface area contributed by atoms with E-state index < -0.39 is 5.97 Å². The lowest BCUT2D eigenvalue weighted by Gasteiger charge is -2.19. The summed E-state index contributed by atoms with van der Waals surface area (Å²) in [7, 11) is 0. The van der Waals surface area contributed by atoms with Crippen LogP contribution in [0.1, 0.15) is 67.1 Å². The lowest BCUT2D eigenvalue weighted by molar-refractivity contribution is -0.138. The first-order valence-electron chi connectivity index (χ1n) is 15.2. The number of ether oxygens (including phenoxy) is 1. The molecule has 6 heteroatoms. The van der Waals surface area contributed by atoms with Crippen molar-refractivity contribution in [3.63, 3.8) is 0 Å². The molecule has 0 aliphatic rings. The Labute approximate surface area is 258 Å². The van der Waals surface area contributed by atoms with E-state index in [1.165, 1.54) is 31.2 Å². The Hall–Kier alpha value is -4.00. The summed E-state index contributed by atoms with van der Waals surface area (Å²) >= 11 is 1.65. The van der Waals surface area contributed by atoms with Gasteiger partial charge in [0.25, 0.3) is 0 Å². The van der Waals surface area contributed by atoms with Gasteiger partial charge >= 0.3 is 5.97 Å². The molecule has 2 heterocycles. The molecule has 5 nitrogen and oxygen atoms in total. The maximum absolute atomic E-state index is 11.6. The van der Waals surface area contributed by atoms with Crippen molar-refractivity contribution in [2.45, 2.75) is 65.1 Å². The molecule has 0 aliphatic carbocycles. The lowest BCUT2D eigenvalue weighted by Crippen LogP contribution is -2.29. The Morgan fingerprint density at radius 3 is 2.35 bits per heavy atom. The number of nitrogens with zero attached hydrogens (tertiary/aromatic N) is 2. The summed E-state index contributed by atoms with van der Waals surface area (Å²) in [5.74, 6) is 0.687. The van der Waals surface area contributed by atoms with Crippen molar-refractivity contribution < 1.29 is 14.6 Å². The Morgan fingerprint density at radius 2 is 1.63 bits per heavy atom. The van der Waals surface area contributed by atoms with Gasteiger partial charge in [-0.15, -0.1) is 11.3 Å². The van der Waals surface area contributed by atoms with Crippen LogP contribution in [0.4, 0.5) is 0 Å². The second kappa shape index (κ2) is 14.9. The molecule has 2 aromatic heterocycles. The third kappa shape index (κ3) is 8.53. The van der Waals surface area contributed by atoms with Gasteiger partial charge in [-0.3, -0.25) is 14.7 Å². The summed E-state index contributed by atoms with van der Waals surface area (Å²) in [6.07, 6.45) is 4.88. The molecule has 0 saturated heterocycles. The number of hydrogen-bond acceptors (Lipinski definition) is 5. The van der Waals surface area contributed by atoms with Gasteiger partial charge in [-0.05, 0) is 76.7 Å². The van der Waals surface area contributed by atoms with E-state index in [2.05, 4.69) is 73.8 Å². The van der Waals surface area contributed by atoms with Crippen LogP contribution in [-0.4, -0.2) is 27.5 Å². The van der Waals surface area contributed by atoms with Crippen molar-refractivity contribution >= 4 is 28.2 Å². The summed E-state index contributed by atoms with van der Waals surface area (Å²) in [6.45, 7) is 6.01. The molecule has 0 atom stereocenters. The normalized spacial score (nSPS) is 11.4. The lowest BCUT2D eigenvalue weighted by atomic mass is 9.90. The monoisotopic (exact) mass is 592 g/mol. The van der Waals surface area contributed by atoms with Gasteiger partial charge in [0.1, 0.15) is 12.4 Å². The first-order valence-corrected chi connectivity index (χ1v) is 16.1. The van der Waals surface area contributed by atoms with Crippen LogP contribution < -0.4 is 4.74 Å². The standard InChI is InChI=1S/C37H40N2O3S/c1-3-7-28(8-4-2)29-16-19-34(20-17-29)42-25-27-11-13-30(14-12-27)32-21-35(43-26-32)23-39(24-37(40)41)22-33-18-15-31-9-5-6-10-36(31)38-33/h5-6,9-21,26,28H,3-4,7-8,22-25H2,1-2H3,(H,40,41). The highest BCUT2D eigenvalue weighted by molar-refractivity contribution is 7.10. The van der Waals surface area contributed by atoms with Gasteiger partial charge in [0.05, 0.1) is 17.8 Å². The van der Waals surface area contributed by atoms with E-state index in [-0.39, 0.29) is 6.54 Å². The first-order chi connectivity index (χ1) is 21.0. The van der Waals surface area contributed by atoms with Crippen LogP contribution in [-0.2, 0) is 24.5 Å². The summed E-state index contributed by atoms with van der Waals surface area (Å²) in [5.41, 5.74) is 6.58. The van der Waals surface area contributed by atoms with Crippen molar-refractivity contribution in [3.8, 4) is 16.9 Å². The topological polar surface area (TPSA) is 62.7 Å². The molecule has 1 N–H and O–H groups in total. The minimum absolute atomic E-state index is 0.0444. The highest BCUT2D eigenvalue weighted by Gasteiger charge is 2.15. The number of hydrogen-bond donors (Lipinski definition) is 1. The Balaban J connectivity index is 1.18. The van der Waals surface area contributed by atoms with Gasteiger partial charge in [-0.1, -0.05) is 87.4 Å². The fourth-order valence-corrected chi connectivity index (χ4v) is 6.53. The molecule has 0 aliphatic heterocycles. The average Bonchev–Trinajstić information content (AvgIpc) is 3.48.